The van der Waals surface area contributed by atoms with Gasteiger partial charge in [0, 0.05) is 11.6 Å². The summed E-state index contributed by atoms with van der Waals surface area (Å²) in [6.45, 7) is 0. The van der Waals surface area contributed by atoms with Gasteiger partial charge >= 0.3 is 0 Å². The van der Waals surface area contributed by atoms with Crippen LogP contribution >= 0.6 is 0 Å². The second kappa shape index (κ2) is 3.48. The highest BCUT2D eigenvalue weighted by Crippen LogP contribution is 2.17. The molecule has 1 aromatic heterocycles. The van der Waals surface area contributed by atoms with Gasteiger partial charge in [0.1, 0.15) is 12.0 Å². The minimum Gasteiger partial charge on any atom is -0.364 e. The first-order valence-electron chi connectivity index (χ1n) is 4.10. The molecule has 1 aromatic carbocycles. The third kappa shape index (κ3) is 1.64. The molecule has 62 valence electrons. The molecule has 2 nitrogen and oxygen atoms in total. The Labute approximate surface area is 78.0 Å². The van der Waals surface area contributed by atoms with E-state index in [9.17, 15) is 0 Å². The Bertz CT molecular complexity index is 366. The van der Waals surface area contributed by atoms with Crippen LogP contribution in [0.4, 0.5) is 0 Å². The van der Waals surface area contributed by atoms with E-state index in [4.69, 9.17) is 12.4 Å². The molecule has 0 saturated carbocycles. The molecule has 0 spiro atoms. The highest BCUT2D eigenvalue weighted by molar-refractivity contribution is 6.08. The molecule has 0 unspecified atom stereocenters. The number of hydrogen-bond acceptors (Lipinski definition) is 2. The van der Waals surface area contributed by atoms with Crippen molar-refractivity contribution in [3.05, 3.63) is 42.2 Å². The van der Waals surface area contributed by atoms with Gasteiger partial charge in [0.05, 0.1) is 7.85 Å². The summed E-state index contributed by atoms with van der Waals surface area (Å²) in [6, 6.07) is 9.78. The monoisotopic (exact) mass is 169 g/mol. The zero-order valence-corrected chi connectivity index (χ0v) is 7.10. The van der Waals surface area contributed by atoms with E-state index >= 15 is 0 Å². The molecule has 0 aliphatic rings. The van der Waals surface area contributed by atoms with Crippen LogP contribution in [-0.2, 0) is 6.32 Å². The van der Waals surface area contributed by atoms with Crippen LogP contribution in [0.3, 0.4) is 0 Å². The number of nitrogens with zero attached hydrogens (tertiary/aromatic N) is 1. The Balaban J connectivity index is 2.33. The van der Waals surface area contributed by atoms with Crippen LogP contribution in [0.2, 0.25) is 0 Å². The molecule has 0 saturated heterocycles. The average molecular weight is 169 g/mol. The summed E-state index contributed by atoms with van der Waals surface area (Å²) in [7, 11) is 5.48. The fourth-order valence-electron chi connectivity index (χ4n) is 1.17. The van der Waals surface area contributed by atoms with E-state index in [1.807, 2.05) is 30.3 Å². The highest BCUT2D eigenvalue weighted by atomic mass is 16.5. The van der Waals surface area contributed by atoms with Crippen molar-refractivity contribution in [3.8, 4) is 11.3 Å². The van der Waals surface area contributed by atoms with Gasteiger partial charge in [-0.15, -0.1) is 0 Å². The van der Waals surface area contributed by atoms with Crippen molar-refractivity contribution in [2.75, 3.05) is 0 Å². The van der Waals surface area contributed by atoms with E-state index in [1.165, 1.54) is 0 Å². The minimum absolute atomic E-state index is 0.569. The SMILES string of the molecule is [B]Cc1ccc(-c2ccon2)cc1. The van der Waals surface area contributed by atoms with Crippen molar-refractivity contribution in [1.29, 1.82) is 0 Å². The molecule has 2 aromatic rings. The summed E-state index contributed by atoms with van der Waals surface area (Å²) in [5.41, 5.74) is 3.02. The maximum atomic E-state index is 5.48. The van der Waals surface area contributed by atoms with Gasteiger partial charge in [0.2, 0.25) is 0 Å². The van der Waals surface area contributed by atoms with Crippen LogP contribution in [0.5, 0.6) is 0 Å². The van der Waals surface area contributed by atoms with E-state index in [1.54, 1.807) is 6.26 Å². The molecule has 2 radical (unpaired) electrons. The van der Waals surface area contributed by atoms with Crippen LogP contribution in [0.1, 0.15) is 5.56 Å². The Morgan fingerprint density at radius 2 is 1.92 bits per heavy atom. The van der Waals surface area contributed by atoms with Gasteiger partial charge in [-0.3, -0.25) is 0 Å². The largest absolute Gasteiger partial charge is 0.364 e. The van der Waals surface area contributed by atoms with Gasteiger partial charge < -0.3 is 4.52 Å². The van der Waals surface area contributed by atoms with Gasteiger partial charge in [0.25, 0.3) is 0 Å². The van der Waals surface area contributed by atoms with Gasteiger partial charge in [-0.05, 0) is 0 Å². The number of rotatable bonds is 2. The third-order valence-electron chi connectivity index (χ3n) is 1.92. The number of hydrogen-bond donors (Lipinski definition) is 0. The Morgan fingerprint density at radius 3 is 2.46 bits per heavy atom. The molecule has 0 atom stereocenters. The van der Waals surface area contributed by atoms with Crippen molar-refractivity contribution in [3.63, 3.8) is 0 Å². The quantitative estimate of drug-likeness (QED) is 0.642. The molecule has 1 heterocycles. The molecular formula is C10H8BNO. The average Bonchev–Trinajstić information content (AvgIpc) is 2.71. The van der Waals surface area contributed by atoms with Crippen molar-refractivity contribution in [2.24, 2.45) is 0 Å². The first-order valence-corrected chi connectivity index (χ1v) is 4.10. The van der Waals surface area contributed by atoms with E-state index in [2.05, 4.69) is 5.16 Å². The van der Waals surface area contributed by atoms with Crippen LogP contribution in [0.25, 0.3) is 11.3 Å². The lowest BCUT2D eigenvalue weighted by atomic mass is 9.96. The van der Waals surface area contributed by atoms with Gasteiger partial charge in [-0.25, -0.2) is 0 Å². The van der Waals surface area contributed by atoms with Crippen molar-refractivity contribution in [1.82, 2.24) is 5.16 Å². The van der Waals surface area contributed by atoms with E-state index < -0.39 is 0 Å². The third-order valence-corrected chi connectivity index (χ3v) is 1.92. The standard InChI is InChI=1S/C10H8BNO/c11-7-8-1-3-9(4-2-8)10-5-6-13-12-10/h1-6H,7H2. The van der Waals surface area contributed by atoms with Crippen LogP contribution in [-0.4, -0.2) is 13.0 Å². The van der Waals surface area contributed by atoms with Gasteiger partial charge in [-0.1, -0.05) is 41.3 Å². The Hall–Kier alpha value is -1.51. The summed E-state index contributed by atoms with van der Waals surface area (Å²) in [6.07, 6.45) is 2.13. The van der Waals surface area contributed by atoms with Gasteiger partial charge in [0.15, 0.2) is 0 Å². The molecule has 2 rings (SSSR count). The first kappa shape index (κ1) is 8.11. The lowest BCUT2D eigenvalue weighted by Crippen LogP contribution is -1.83. The number of benzene rings is 1. The number of aromatic nitrogens is 1. The lowest BCUT2D eigenvalue weighted by Gasteiger charge is -1.97. The topological polar surface area (TPSA) is 26.0 Å². The smallest absolute Gasteiger partial charge is 0.124 e. The summed E-state index contributed by atoms with van der Waals surface area (Å²) >= 11 is 0. The van der Waals surface area contributed by atoms with E-state index in [0.29, 0.717) is 6.32 Å². The maximum absolute atomic E-state index is 5.48. The van der Waals surface area contributed by atoms with Crippen LogP contribution in [0, 0.1) is 0 Å². The minimum atomic E-state index is 0.569. The zero-order valence-electron chi connectivity index (χ0n) is 7.10. The van der Waals surface area contributed by atoms with E-state index in [0.717, 1.165) is 16.8 Å². The Kier molecular flexibility index (Phi) is 2.17. The zero-order chi connectivity index (χ0) is 9.10. The van der Waals surface area contributed by atoms with Crippen LogP contribution in [0.15, 0.2) is 41.1 Å². The normalized spacial score (nSPS) is 10.2. The molecule has 3 heteroatoms. The van der Waals surface area contributed by atoms with Crippen molar-refractivity contribution >= 4 is 7.85 Å². The summed E-state index contributed by atoms with van der Waals surface area (Å²) in [5.74, 6) is 0. The molecule has 0 amide bonds. The molecule has 0 fully saturated rings. The van der Waals surface area contributed by atoms with Gasteiger partial charge in [-0.2, -0.15) is 0 Å². The van der Waals surface area contributed by atoms with Crippen molar-refractivity contribution in [2.45, 2.75) is 6.32 Å². The first-order chi connectivity index (χ1) is 6.40. The fraction of sp³-hybridized carbons (Fsp3) is 0.100. The van der Waals surface area contributed by atoms with Crippen molar-refractivity contribution < 1.29 is 4.52 Å². The molecule has 0 N–H and O–H groups in total. The molecule has 13 heavy (non-hydrogen) atoms. The summed E-state index contributed by atoms with van der Waals surface area (Å²) in [5, 5.41) is 3.84. The lowest BCUT2D eigenvalue weighted by molar-refractivity contribution is 0.422. The molecule has 0 bridgehead atoms. The summed E-state index contributed by atoms with van der Waals surface area (Å²) in [4.78, 5) is 0. The maximum Gasteiger partial charge on any atom is 0.124 e. The molecule has 0 aliphatic heterocycles. The molecule has 0 aliphatic carbocycles. The predicted molar refractivity (Wildman–Crippen MR) is 51.4 cm³/mol. The fourth-order valence-corrected chi connectivity index (χ4v) is 1.17. The second-order valence-electron chi connectivity index (χ2n) is 2.79. The van der Waals surface area contributed by atoms with E-state index in [-0.39, 0.29) is 0 Å². The molecular weight excluding hydrogens is 161 g/mol. The second-order valence-corrected chi connectivity index (χ2v) is 2.79. The predicted octanol–water partition coefficient (Wildman–Crippen LogP) is 2.01. The summed E-state index contributed by atoms with van der Waals surface area (Å²) < 4.78 is 4.75. The highest BCUT2D eigenvalue weighted by Gasteiger charge is 1.99. The Morgan fingerprint density at radius 1 is 1.15 bits per heavy atom. The van der Waals surface area contributed by atoms with Crippen LogP contribution < -0.4 is 0 Å².